The van der Waals surface area contributed by atoms with Gasteiger partial charge in [0.1, 0.15) is 5.82 Å². The van der Waals surface area contributed by atoms with Crippen molar-refractivity contribution < 1.29 is 9.84 Å². The fourth-order valence-electron chi connectivity index (χ4n) is 2.28. The van der Waals surface area contributed by atoms with Gasteiger partial charge in [-0.25, -0.2) is 4.98 Å². The average Bonchev–Trinajstić information content (AvgIpc) is 2.30. The summed E-state index contributed by atoms with van der Waals surface area (Å²) in [7, 11) is 0. The first-order chi connectivity index (χ1) is 8.10. The molecule has 3 N–H and O–H groups in total. The largest absolute Gasteiger partial charge is 0.390 e. The van der Waals surface area contributed by atoms with Gasteiger partial charge >= 0.3 is 0 Å². The number of nitrogens with two attached hydrogens (primary N) is 1. The van der Waals surface area contributed by atoms with E-state index in [2.05, 4.69) is 4.98 Å². The Morgan fingerprint density at radius 2 is 2.41 bits per heavy atom. The molecular formula is C13H20N2O2. The van der Waals surface area contributed by atoms with Crippen LogP contribution in [0.2, 0.25) is 0 Å². The molecule has 4 nitrogen and oxygen atoms in total. The normalized spacial score (nSPS) is 26.7. The van der Waals surface area contributed by atoms with E-state index in [-0.39, 0.29) is 0 Å². The van der Waals surface area contributed by atoms with Crippen LogP contribution in [0.15, 0.2) is 18.3 Å². The lowest BCUT2D eigenvalue weighted by Crippen LogP contribution is -2.45. The van der Waals surface area contributed by atoms with Gasteiger partial charge in [-0.1, -0.05) is 0 Å². The Morgan fingerprint density at radius 1 is 1.59 bits per heavy atom. The van der Waals surface area contributed by atoms with Crippen LogP contribution in [0, 0.1) is 0 Å². The number of nitrogens with zero attached hydrogens (tertiary/aromatic N) is 1. The van der Waals surface area contributed by atoms with Crippen LogP contribution in [0.4, 0.5) is 5.82 Å². The van der Waals surface area contributed by atoms with Crippen molar-refractivity contribution in [1.29, 1.82) is 0 Å². The topological polar surface area (TPSA) is 68.4 Å². The fraction of sp³-hybridized carbons (Fsp3) is 0.615. The van der Waals surface area contributed by atoms with Crippen LogP contribution in [-0.2, 0) is 11.2 Å². The molecule has 94 valence electrons. The molecule has 2 rings (SSSR count). The summed E-state index contributed by atoms with van der Waals surface area (Å²) in [6.45, 7) is 2.73. The van der Waals surface area contributed by atoms with Crippen LogP contribution in [0.5, 0.6) is 0 Å². The number of hydrogen-bond donors (Lipinski definition) is 2. The molecule has 0 spiro atoms. The van der Waals surface area contributed by atoms with E-state index >= 15 is 0 Å². The molecule has 0 radical (unpaired) electrons. The van der Waals surface area contributed by atoms with Crippen molar-refractivity contribution in [3.05, 3.63) is 23.9 Å². The molecule has 2 atom stereocenters. The van der Waals surface area contributed by atoms with E-state index in [0.29, 0.717) is 12.2 Å². The Morgan fingerprint density at radius 3 is 3.06 bits per heavy atom. The molecule has 1 aromatic heterocycles. The number of aliphatic hydroxyl groups excluding tert-OH is 1. The quantitative estimate of drug-likeness (QED) is 0.835. The third kappa shape index (κ3) is 2.96. The van der Waals surface area contributed by atoms with Crippen molar-refractivity contribution >= 4 is 5.82 Å². The second-order valence-electron chi connectivity index (χ2n) is 4.93. The van der Waals surface area contributed by atoms with E-state index < -0.39 is 11.7 Å². The van der Waals surface area contributed by atoms with Gasteiger partial charge < -0.3 is 15.6 Å². The Labute approximate surface area is 102 Å². The summed E-state index contributed by atoms with van der Waals surface area (Å²) in [6.07, 6.45) is 4.85. The molecule has 1 aliphatic heterocycles. The van der Waals surface area contributed by atoms with Crippen molar-refractivity contribution in [3.8, 4) is 0 Å². The number of anilines is 1. The summed E-state index contributed by atoms with van der Waals surface area (Å²) in [4.78, 5) is 3.94. The number of ether oxygens (including phenoxy) is 1. The highest BCUT2D eigenvalue weighted by molar-refractivity contribution is 5.32. The highest BCUT2D eigenvalue weighted by atomic mass is 16.5. The van der Waals surface area contributed by atoms with Crippen LogP contribution in [0.3, 0.4) is 0 Å². The molecular weight excluding hydrogens is 216 g/mol. The van der Waals surface area contributed by atoms with Gasteiger partial charge in [-0.15, -0.1) is 0 Å². The van der Waals surface area contributed by atoms with Crippen molar-refractivity contribution in [2.45, 2.75) is 44.3 Å². The summed E-state index contributed by atoms with van der Waals surface area (Å²) in [5.74, 6) is 0.490. The van der Waals surface area contributed by atoms with Crippen LogP contribution in [-0.4, -0.2) is 28.4 Å². The summed E-state index contributed by atoms with van der Waals surface area (Å²) in [5.41, 5.74) is 6.20. The Hall–Kier alpha value is -1.13. The minimum Gasteiger partial charge on any atom is -0.390 e. The lowest BCUT2D eigenvalue weighted by atomic mass is 9.87. The molecule has 0 bridgehead atoms. The van der Waals surface area contributed by atoms with E-state index in [1.807, 2.05) is 13.0 Å². The molecule has 4 heteroatoms. The van der Waals surface area contributed by atoms with Crippen molar-refractivity contribution in [3.63, 3.8) is 0 Å². The SMILES string of the molecule is CC1(C(O)Cc2ccnc(N)c2)CCCCO1. The molecule has 2 heterocycles. The number of nitrogen functional groups attached to an aromatic ring is 1. The maximum absolute atomic E-state index is 10.3. The van der Waals surface area contributed by atoms with Gasteiger partial charge in [0, 0.05) is 19.2 Å². The molecule has 1 aromatic rings. The second-order valence-corrected chi connectivity index (χ2v) is 4.93. The van der Waals surface area contributed by atoms with Crippen molar-refractivity contribution in [2.24, 2.45) is 0 Å². The summed E-state index contributed by atoms with van der Waals surface area (Å²) >= 11 is 0. The van der Waals surface area contributed by atoms with Gasteiger partial charge in [-0.3, -0.25) is 0 Å². The molecule has 1 fully saturated rings. The zero-order valence-corrected chi connectivity index (χ0v) is 10.2. The first-order valence-electron chi connectivity index (χ1n) is 6.12. The molecule has 1 aliphatic rings. The summed E-state index contributed by atoms with van der Waals surface area (Å²) < 4.78 is 5.73. The molecule has 1 saturated heterocycles. The van der Waals surface area contributed by atoms with Crippen molar-refractivity contribution in [1.82, 2.24) is 4.98 Å². The molecule has 0 amide bonds. The predicted octanol–water partition coefficient (Wildman–Crippen LogP) is 1.53. The van der Waals surface area contributed by atoms with E-state index in [4.69, 9.17) is 10.5 Å². The number of aliphatic hydroxyl groups is 1. The van der Waals surface area contributed by atoms with Crippen LogP contribution in [0.25, 0.3) is 0 Å². The first-order valence-corrected chi connectivity index (χ1v) is 6.12. The smallest absolute Gasteiger partial charge is 0.123 e. The second kappa shape index (κ2) is 5.02. The minimum atomic E-state index is -0.496. The molecule has 17 heavy (non-hydrogen) atoms. The predicted molar refractivity (Wildman–Crippen MR) is 66.6 cm³/mol. The van der Waals surface area contributed by atoms with Crippen molar-refractivity contribution in [2.75, 3.05) is 12.3 Å². The van der Waals surface area contributed by atoms with Gasteiger partial charge in [0.25, 0.3) is 0 Å². The number of rotatable bonds is 3. The Kier molecular flexibility index (Phi) is 3.64. The average molecular weight is 236 g/mol. The molecule has 2 unspecified atom stereocenters. The van der Waals surface area contributed by atoms with E-state index in [9.17, 15) is 5.11 Å². The monoisotopic (exact) mass is 236 g/mol. The standard InChI is InChI=1S/C13H20N2O2/c1-13(5-2-3-7-17-13)11(16)8-10-4-6-15-12(14)9-10/h4,6,9,11,16H,2-3,5,7-8H2,1H3,(H2,14,15). The van der Waals surface area contributed by atoms with Crippen LogP contribution >= 0.6 is 0 Å². The minimum absolute atomic E-state index is 0.420. The van der Waals surface area contributed by atoms with Gasteiger partial charge in [0.2, 0.25) is 0 Å². The highest BCUT2D eigenvalue weighted by Crippen LogP contribution is 2.29. The highest BCUT2D eigenvalue weighted by Gasteiger charge is 2.35. The number of pyridine rings is 1. The van der Waals surface area contributed by atoms with Gasteiger partial charge in [-0.2, -0.15) is 0 Å². The molecule has 0 saturated carbocycles. The lowest BCUT2D eigenvalue weighted by Gasteiger charge is -2.38. The number of aromatic nitrogens is 1. The van der Waals surface area contributed by atoms with E-state index in [1.54, 1.807) is 12.3 Å². The van der Waals surface area contributed by atoms with Gasteiger partial charge in [0.15, 0.2) is 0 Å². The van der Waals surface area contributed by atoms with E-state index in [1.165, 1.54) is 0 Å². The zero-order valence-electron chi connectivity index (χ0n) is 10.2. The molecule has 0 aromatic carbocycles. The van der Waals surface area contributed by atoms with E-state index in [0.717, 1.165) is 31.4 Å². The zero-order chi connectivity index (χ0) is 12.3. The Bertz CT molecular complexity index is 375. The van der Waals surface area contributed by atoms with Crippen LogP contribution < -0.4 is 5.73 Å². The first kappa shape index (κ1) is 12.3. The maximum atomic E-state index is 10.3. The maximum Gasteiger partial charge on any atom is 0.123 e. The molecule has 0 aliphatic carbocycles. The third-order valence-corrected chi connectivity index (χ3v) is 3.48. The Balaban J connectivity index is 2.02. The third-order valence-electron chi connectivity index (χ3n) is 3.48. The summed E-state index contributed by atoms with van der Waals surface area (Å²) in [6, 6.07) is 3.68. The summed E-state index contributed by atoms with van der Waals surface area (Å²) in [5, 5.41) is 10.3. The fourth-order valence-corrected chi connectivity index (χ4v) is 2.28. The lowest BCUT2D eigenvalue weighted by molar-refractivity contribution is -0.135. The van der Waals surface area contributed by atoms with Gasteiger partial charge in [-0.05, 0) is 43.9 Å². The van der Waals surface area contributed by atoms with Crippen LogP contribution in [0.1, 0.15) is 31.7 Å². The van der Waals surface area contributed by atoms with Gasteiger partial charge in [0.05, 0.1) is 11.7 Å². The number of hydrogen-bond acceptors (Lipinski definition) is 4.